The first-order valence-electron chi connectivity index (χ1n) is 19.7. The molecule has 7 rings (SSSR count). The zero-order valence-electron chi connectivity index (χ0n) is 29.8. The maximum atomic E-state index is 5.06. The molecular formula is C33H72N9P3. The van der Waals surface area contributed by atoms with Gasteiger partial charge >= 0.3 is 279 Å². The first-order chi connectivity index (χ1) is 21.8. The van der Waals surface area contributed by atoms with Crippen molar-refractivity contribution in [2.24, 2.45) is 11.8 Å². The van der Waals surface area contributed by atoms with Crippen molar-refractivity contribution in [3.63, 3.8) is 0 Å². The van der Waals surface area contributed by atoms with E-state index in [1.54, 1.807) is 0 Å². The summed E-state index contributed by atoms with van der Waals surface area (Å²) >= 11 is 0. The number of nitrogens with zero attached hydrogens (tertiary/aromatic N) is 7. The van der Waals surface area contributed by atoms with E-state index in [2.05, 4.69) is 60.0 Å². The van der Waals surface area contributed by atoms with Crippen molar-refractivity contribution in [2.45, 2.75) is 110 Å². The van der Waals surface area contributed by atoms with Gasteiger partial charge in [0.15, 0.2) is 0 Å². The van der Waals surface area contributed by atoms with Gasteiger partial charge < -0.3 is 0 Å². The normalized spacial score (nSPS) is 35.9. The van der Waals surface area contributed by atoms with Crippen molar-refractivity contribution in [3.8, 4) is 0 Å². The fraction of sp³-hybridized carbons (Fsp3) is 1.00. The third kappa shape index (κ3) is 5.85. The van der Waals surface area contributed by atoms with Crippen LogP contribution in [0.4, 0.5) is 0 Å². The molecule has 0 saturated carbocycles. The molecule has 0 spiro atoms. The molecule has 9 nitrogen and oxygen atoms in total. The van der Waals surface area contributed by atoms with Gasteiger partial charge in [-0.25, -0.2) is 0 Å². The summed E-state index contributed by atoms with van der Waals surface area (Å²) in [4.78, 5) is 10.1. The zero-order chi connectivity index (χ0) is 31.1. The van der Waals surface area contributed by atoms with Crippen molar-refractivity contribution in [2.75, 3.05) is 92.2 Å². The number of nitrogens with one attached hydrogen (secondary N) is 2. The van der Waals surface area contributed by atoms with Gasteiger partial charge in [0.25, 0.3) is 0 Å². The number of hydrogen-bond acceptors (Lipinski definition) is 9. The number of unbranched alkanes of at least 4 members (excludes halogenated alkanes) is 1. The second-order valence-electron chi connectivity index (χ2n) is 16.5. The van der Waals surface area contributed by atoms with Crippen molar-refractivity contribution in [3.05, 3.63) is 0 Å². The van der Waals surface area contributed by atoms with Gasteiger partial charge in [0.2, 0.25) is 0 Å². The third-order valence-electron chi connectivity index (χ3n) is 13.7. The van der Waals surface area contributed by atoms with Gasteiger partial charge in [0, 0.05) is 0 Å². The first-order valence-corrected chi connectivity index (χ1v) is 26.0. The van der Waals surface area contributed by atoms with Crippen LogP contribution in [-0.4, -0.2) is 125 Å². The molecule has 0 atom stereocenters. The van der Waals surface area contributed by atoms with E-state index in [9.17, 15) is 0 Å². The van der Waals surface area contributed by atoms with Crippen molar-refractivity contribution in [1.29, 1.82) is 0 Å². The van der Waals surface area contributed by atoms with E-state index in [-0.39, 0.29) is 0 Å². The Morgan fingerprint density at radius 1 is 0.578 bits per heavy atom. The molecule has 7 aliphatic rings. The standard InChI is InChI=1S/C33H72N9P3/c1-5-6-15-33-18-30-40(31-19-33)44(38-22-9-10-23-38)35-45(4,41-24-11-12-25-41,42-26-13-14-27-42)34-43(36(44)3,37-20-7-8-21-37)39-28-16-32(2)17-29-39/h32-35,43-44H,5-31H2,1-4H3. The summed E-state index contributed by atoms with van der Waals surface area (Å²) in [5.41, 5.74) is 0. The van der Waals surface area contributed by atoms with E-state index in [1.165, 1.54) is 175 Å². The van der Waals surface area contributed by atoms with Gasteiger partial charge in [-0.2, -0.15) is 0 Å². The topological polar surface area (TPSA) is 46.7 Å². The molecule has 0 bridgehead atoms. The molecule has 0 aromatic rings. The Bertz CT molecular complexity index is 968. The van der Waals surface area contributed by atoms with Gasteiger partial charge in [-0.15, -0.1) is 0 Å². The monoisotopic (exact) mass is 688 g/mol. The summed E-state index contributed by atoms with van der Waals surface area (Å²) < 4.78 is 21.9. The van der Waals surface area contributed by atoms with Gasteiger partial charge in [-0.3, -0.25) is 0 Å². The van der Waals surface area contributed by atoms with Crippen molar-refractivity contribution >= 4 is 22.9 Å². The number of hydrogen-bond donors (Lipinski definition) is 2. The molecule has 7 fully saturated rings. The average molecular weight is 688 g/mol. The maximum absolute atomic E-state index is 5.06. The van der Waals surface area contributed by atoms with Crippen LogP contribution in [0.25, 0.3) is 0 Å². The molecule has 0 aromatic heterocycles. The number of piperidine rings is 2. The molecule has 0 unspecified atom stereocenters. The Balaban J connectivity index is 1.41. The SMILES string of the molecule is CCCCC1CCN([PH]2(N3CCCC3)NP(C)(N3CCCC3)(N3CCCC3)N[PH](N3CCCC3)(N3CCC(C)CC3)N2C)CC1. The molecule has 0 aromatic carbocycles. The summed E-state index contributed by atoms with van der Waals surface area (Å²) in [7, 11) is -5.30. The Morgan fingerprint density at radius 2 is 0.956 bits per heavy atom. The average Bonchev–Trinajstić information content (AvgIpc) is 3.90. The zero-order valence-corrected chi connectivity index (χ0v) is 32.7. The minimum absolute atomic E-state index is 0.856. The molecule has 45 heavy (non-hydrogen) atoms. The molecule has 12 heteroatoms. The Kier molecular flexibility index (Phi) is 10.6. The predicted octanol–water partition coefficient (Wildman–Crippen LogP) is 6.79. The van der Waals surface area contributed by atoms with Gasteiger partial charge in [-0.1, -0.05) is 0 Å². The fourth-order valence-electron chi connectivity index (χ4n) is 10.9. The Morgan fingerprint density at radius 3 is 1.38 bits per heavy atom. The van der Waals surface area contributed by atoms with Crippen LogP contribution >= 0.6 is 22.9 Å². The van der Waals surface area contributed by atoms with Gasteiger partial charge in [-0.05, 0) is 0 Å². The van der Waals surface area contributed by atoms with Gasteiger partial charge in [0.05, 0.1) is 0 Å². The van der Waals surface area contributed by atoms with E-state index in [0.29, 0.717) is 0 Å². The van der Waals surface area contributed by atoms with E-state index in [0.717, 1.165) is 11.8 Å². The summed E-state index contributed by atoms with van der Waals surface area (Å²) in [6, 6.07) is 0. The van der Waals surface area contributed by atoms with Crippen LogP contribution in [0.3, 0.4) is 0 Å². The fourth-order valence-corrected chi connectivity index (χ4v) is 36.4. The Labute approximate surface area is 278 Å². The number of rotatable bonds is 9. The summed E-state index contributed by atoms with van der Waals surface area (Å²) in [5, 5.41) is 0. The van der Waals surface area contributed by atoms with Crippen LogP contribution in [0.2, 0.25) is 0 Å². The summed E-state index contributed by atoms with van der Waals surface area (Å²) in [6.07, 6.45) is 20.7. The van der Waals surface area contributed by atoms with Crippen molar-refractivity contribution in [1.82, 2.24) is 42.2 Å². The third-order valence-corrected chi connectivity index (χ3v) is 33.0. The molecule has 0 amide bonds. The molecule has 7 aliphatic heterocycles. The Hall–Kier alpha value is 0.930. The van der Waals surface area contributed by atoms with Crippen LogP contribution in [-0.2, 0) is 0 Å². The van der Waals surface area contributed by atoms with E-state index < -0.39 is 22.9 Å². The van der Waals surface area contributed by atoms with E-state index >= 15 is 0 Å². The molecule has 7 saturated heterocycles. The van der Waals surface area contributed by atoms with Crippen LogP contribution in [0.5, 0.6) is 0 Å². The molecular weight excluding hydrogens is 615 g/mol. The predicted molar refractivity (Wildman–Crippen MR) is 201 cm³/mol. The quantitative estimate of drug-likeness (QED) is 0.255. The van der Waals surface area contributed by atoms with Crippen LogP contribution in [0.1, 0.15) is 110 Å². The second kappa shape index (κ2) is 13.9. The summed E-state index contributed by atoms with van der Waals surface area (Å²) in [5.74, 6) is 1.78. The summed E-state index contributed by atoms with van der Waals surface area (Å²) in [6.45, 7) is 23.0. The van der Waals surface area contributed by atoms with Crippen LogP contribution < -0.4 is 9.72 Å². The van der Waals surface area contributed by atoms with Gasteiger partial charge in [0.1, 0.15) is 0 Å². The molecule has 0 radical (unpaired) electrons. The van der Waals surface area contributed by atoms with Crippen LogP contribution in [0.15, 0.2) is 0 Å². The first kappa shape index (κ1) is 34.4. The van der Waals surface area contributed by atoms with E-state index in [1.807, 2.05) is 0 Å². The molecule has 264 valence electrons. The molecule has 2 N–H and O–H groups in total. The van der Waals surface area contributed by atoms with Crippen molar-refractivity contribution < 1.29 is 0 Å². The molecule has 0 aliphatic carbocycles. The minimum atomic E-state index is -2.94. The second-order valence-corrected chi connectivity index (χ2v) is 29.1. The molecule has 7 heterocycles. The van der Waals surface area contributed by atoms with Crippen LogP contribution in [0, 0.1) is 11.8 Å². The van der Waals surface area contributed by atoms with E-state index in [4.69, 9.17) is 9.72 Å².